The van der Waals surface area contributed by atoms with Crippen molar-refractivity contribution in [1.29, 1.82) is 0 Å². The SMILES string of the molecule is CC.[Am].[CH2-]COCCOCCOCCNC(C)=O.[CH3-]. The fourth-order valence-electron chi connectivity index (χ4n) is 0.841. The molecule has 0 unspecified atom stereocenters. The molecule has 0 spiro atoms. The van der Waals surface area contributed by atoms with Gasteiger partial charge < -0.3 is 33.9 Å². The Balaban J connectivity index is -0.000000267. The van der Waals surface area contributed by atoms with Gasteiger partial charge in [0.2, 0.25) is 5.91 Å². The Labute approximate surface area is 126 Å². The maximum atomic E-state index is 10.5. The van der Waals surface area contributed by atoms with Gasteiger partial charge in [0.25, 0.3) is 0 Å². The molecule has 0 heterocycles. The van der Waals surface area contributed by atoms with Gasteiger partial charge in [-0.1, -0.05) is 20.5 Å². The van der Waals surface area contributed by atoms with Crippen molar-refractivity contribution in [2.24, 2.45) is 0 Å². The van der Waals surface area contributed by atoms with Crippen LogP contribution in [0.2, 0.25) is 0 Å². The monoisotopic (exact) mass is 504 g/mol. The third-order valence-corrected chi connectivity index (χ3v) is 1.51. The van der Waals surface area contributed by atoms with E-state index in [4.69, 9.17) is 14.2 Å². The van der Waals surface area contributed by atoms with Gasteiger partial charge >= 0.3 is 0 Å². The average molecular weight is 506 g/mol. The first-order valence-corrected chi connectivity index (χ1v) is 6.04. The van der Waals surface area contributed by atoms with Crippen LogP contribution in [0.4, 0.5) is 0 Å². The molecule has 19 heavy (non-hydrogen) atoms. The van der Waals surface area contributed by atoms with Gasteiger partial charge in [0.05, 0.1) is 33.0 Å². The van der Waals surface area contributed by atoms with Gasteiger partial charge in [-0.15, -0.1) is 0 Å². The molecule has 0 atom stereocenters. The molecule has 1 N–H and O–H groups in total. The minimum atomic E-state index is -0.0415. The van der Waals surface area contributed by atoms with Gasteiger partial charge in [0, 0.05) is 27.8 Å². The number of carbonyl (C=O) groups is 1. The zero-order valence-corrected chi connectivity index (χ0v) is 15.8. The summed E-state index contributed by atoms with van der Waals surface area (Å²) in [4.78, 5) is 10.5. The summed E-state index contributed by atoms with van der Waals surface area (Å²) >= 11 is 0. The molecule has 0 rings (SSSR count). The Morgan fingerprint density at radius 1 is 1.00 bits per heavy atom. The molecule has 0 aliphatic carbocycles. The zero-order chi connectivity index (χ0) is 13.4. The van der Waals surface area contributed by atoms with Crippen LogP contribution in [0.15, 0.2) is 0 Å². The smallest absolute Gasteiger partial charge is 0.216 e. The van der Waals surface area contributed by atoms with Crippen molar-refractivity contribution in [3.63, 3.8) is 0 Å². The van der Waals surface area contributed by atoms with Crippen LogP contribution in [0.25, 0.3) is 0 Å². The molecule has 0 aromatic heterocycles. The molecule has 1 amide bonds. The summed E-state index contributed by atoms with van der Waals surface area (Å²) in [6, 6.07) is 0. The second-order valence-electron chi connectivity index (χ2n) is 2.82. The fourth-order valence-corrected chi connectivity index (χ4v) is 0.841. The van der Waals surface area contributed by atoms with Gasteiger partial charge in [0.1, 0.15) is 0 Å². The predicted octanol–water partition coefficient (Wildman–Crippen LogP) is 1.48. The number of hydrogen-bond acceptors (Lipinski definition) is 4. The molecule has 119 valence electrons. The molecular formula is C13H29AmNO4-2. The summed E-state index contributed by atoms with van der Waals surface area (Å²) in [6.07, 6.45) is 0. The minimum absolute atomic E-state index is 0. The molecule has 0 aromatic carbocycles. The topological polar surface area (TPSA) is 56.8 Å². The number of rotatable bonds is 10. The Bertz CT molecular complexity index is 160. The van der Waals surface area contributed by atoms with E-state index in [1.54, 1.807) is 0 Å². The third-order valence-electron chi connectivity index (χ3n) is 1.51. The number of amides is 1. The van der Waals surface area contributed by atoms with Gasteiger partial charge in [-0.05, 0) is 0 Å². The van der Waals surface area contributed by atoms with Crippen molar-refractivity contribution < 1.29 is 33.3 Å². The maximum Gasteiger partial charge on any atom is 0.216 e. The van der Waals surface area contributed by atoms with Crippen LogP contribution in [0.3, 0.4) is 0 Å². The van der Waals surface area contributed by atoms with Crippen molar-refractivity contribution in [2.45, 2.75) is 20.8 Å². The summed E-state index contributed by atoms with van der Waals surface area (Å²) in [5, 5.41) is 2.63. The van der Waals surface area contributed by atoms with Gasteiger partial charge in [-0.3, -0.25) is 4.79 Å². The van der Waals surface area contributed by atoms with E-state index in [0.29, 0.717) is 46.2 Å². The molecule has 0 fully saturated rings. The van der Waals surface area contributed by atoms with E-state index in [1.165, 1.54) is 6.92 Å². The van der Waals surface area contributed by atoms with E-state index in [2.05, 4.69) is 12.2 Å². The standard InChI is InChI=1S/C10H20NO4.C2H6.CH3.Am/c1-3-13-6-7-15-9-8-14-5-4-11-10(2)12;1-2;;/h1,3-9H2,2H3,(H,11,12);1-2H3;1H3;/q-1;;-1;. The summed E-state index contributed by atoms with van der Waals surface area (Å²) in [5.41, 5.74) is 0. The average Bonchev–Trinajstić information content (AvgIpc) is 2.34. The molecular weight excluding hydrogens is 477 g/mol. The quantitative estimate of drug-likeness (QED) is 0.361. The summed E-state index contributed by atoms with van der Waals surface area (Å²) < 4.78 is 15.4. The second-order valence-corrected chi connectivity index (χ2v) is 2.82. The van der Waals surface area contributed by atoms with Crippen molar-refractivity contribution in [2.75, 3.05) is 46.2 Å². The molecule has 5 nitrogen and oxygen atoms in total. The Morgan fingerprint density at radius 2 is 1.42 bits per heavy atom. The molecule has 6 heteroatoms. The van der Waals surface area contributed by atoms with Crippen LogP contribution >= 0.6 is 0 Å². The van der Waals surface area contributed by atoms with Gasteiger partial charge in [-0.2, -0.15) is 0 Å². The largest absolute Gasteiger partial charge is 0.411 e. The third kappa shape index (κ3) is 31.9. The van der Waals surface area contributed by atoms with Crippen molar-refractivity contribution in [1.82, 2.24) is 5.32 Å². The van der Waals surface area contributed by atoms with Crippen molar-refractivity contribution in [3.05, 3.63) is 14.4 Å². The van der Waals surface area contributed by atoms with Crippen LogP contribution in [0.1, 0.15) is 20.8 Å². The van der Waals surface area contributed by atoms with Gasteiger partial charge in [-0.25, -0.2) is 0 Å². The first-order valence-electron chi connectivity index (χ1n) is 6.04. The first-order chi connectivity index (χ1) is 8.27. The van der Waals surface area contributed by atoms with E-state index >= 15 is 0 Å². The predicted molar refractivity (Wildman–Crippen MR) is 74.3 cm³/mol. The maximum absolute atomic E-state index is 10.5. The molecule has 0 bridgehead atoms. The van der Waals surface area contributed by atoms with Gasteiger partial charge in [0.15, 0.2) is 0 Å². The van der Waals surface area contributed by atoms with E-state index < -0.39 is 0 Å². The molecule has 0 saturated heterocycles. The number of ether oxygens (including phenoxy) is 3. The van der Waals surface area contributed by atoms with Crippen LogP contribution < -0.4 is 5.32 Å². The van der Waals surface area contributed by atoms with E-state index in [1.807, 2.05) is 13.8 Å². The van der Waals surface area contributed by atoms with E-state index in [9.17, 15) is 4.79 Å². The zero-order valence-electron chi connectivity index (χ0n) is 12.7. The van der Waals surface area contributed by atoms with E-state index in [0.717, 1.165) is 0 Å². The minimum Gasteiger partial charge on any atom is -0.411 e. The molecule has 0 aliphatic rings. The van der Waals surface area contributed by atoms with Crippen molar-refractivity contribution in [3.8, 4) is 0 Å². The number of hydrogen-bond donors (Lipinski definition) is 1. The molecule has 0 saturated carbocycles. The molecule has 1 radical (unpaired) electrons. The second kappa shape index (κ2) is 26.3. The van der Waals surface area contributed by atoms with Crippen LogP contribution in [-0.2, 0) is 19.0 Å². The van der Waals surface area contributed by atoms with E-state index in [-0.39, 0.29) is 27.6 Å². The molecule has 0 aliphatic heterocycles. The molecule has 0 aromatic rings. The number of nitrogens with one attached hydrogen (secondary N) is 1. The Kier molecular flexibility index (Phi) is 37.6. The van der Waals surface area contributed by atoms with Crippen LogP contribution in [0.5, 0.6) is 0 Å². The summed E-state index contributed by atoms with van der Waals surface area (Å²) in [7, 11) is 0. The van der Waals surface area contributed by atoms with Crippen molar-refractivity contribution >= 4 is 5.91 Å². The summed E-state index contributed by atoms with van der Waals surface area (Å²) in [6.45, 7) is 12.7. The summed E-state index contributed by atoms with van der Waals surface area (Å²) in [5.74, 6) is -0.0415. The Morgan fingerprint density at radius 3 is 1.84 bits per heavy atom. The van der Waals surface area contributed by atoms with Crippen LogP contribution in [-0.4, -0.2) is 52.1 Å². The number of carbonyl (C=O) groups excluding carboxylic acids is 1. The fraction of sp³-hybridized carbons (Fsp3) is 0.769. The Hall–Kier alpha value is -0.260. The first kappa shape index (κ1) is 27.1. The van der Waals surface area contributed by atoms with Crippen LogP contribution in [0, 0.1) is 28.6 Å². The normalized spacial score (nSPS) is 8.42.